The highest BCUT2D eigenvalue weighted by Crippen LogP contribution is 2.16. The summed E-state index contributed by atoms with van der Waals surface area (Å²) in [6.45, 7) is 10.0. The molecule has 1 rings (SSSR count). The number of hydrogen-bond donors (Lipinski definition) is 1. The van der Waals surface area contributed by atoms with E-state index < -0.39 is 0 Å². The topological polar surface area (TPSA) is 12.0 Å². The zero-order valence-electron chi connectivity index (χ0n) is 9.63. The van der Waals surface area contributed by atoms with Crippen LogP contribution in [0.25, 0.3) is 0 Å². The summed E-state index contributed by atoms with van der Waals surface area (Å²) < 4.78 is 0. The van der Waals surface area contributed by atoms with Gasteiger partial charge in [-0.25, -0.2) is 0 Å². The molecule has 1 aromatic heterocycles. The quantitative estimate of drug-likeness (QED) is 0.788. The first-order valence-corrected chi connectivity index (χ1v) is 6.18. The zero-order chi connectivity index (χ0) is 10.6. The van der Waals surface area contributed by atoms with Crippen LogP contribution in [-0.4, -0.2) is 12.6 Å². The third-order valence-corrected chi connectivity index (χ3v) is 3.20. The summed E-state index contributed by atoms with van der Waals surface area (Å²) >= 11 is 1.91. The standard InChI is InChI=1S/C12H21NS/c1-9(2)8-13-10(3)7-12-6-5-11(4)14-12/h5-6,9-10,13H,7-8H2,1-4H3. The Balaban J connectivity index is 2.30. The molecule has 14 heavy (non-hydrogen) atoms. The highest BCUT2D eigenvalue weighted by atomic mass is 32.1. The second kappa shape index (κ2) is 5.52. The van der Waals surface area contributed by atoms with Gasteiger partial charge in [0.2, 0.25) is 0 Å². The Morgan fingerprint density at radius 3 is 2.50 bits per heavy atom. The van der Waals surface area contributed by atoms with Gasteiger partial charge in [-0.3, -0.25) is 0 Å². The number of hydrogen-bond acceptors (Lipinski definition) is 2. The molecule has 1 unspecified atom stereocenters. The van der Waals surface area contributed by atoms with Gasteiger partial charge in [-0.05, 0) is 44.9 Å². The van der Waals surface area contributed by atoms with Crippen LogP contribution in [0.4, 0.5) is 0 Å². The minimum absolute atomic E-state index is 0.593. The summed E-state index contributed by atoms with van der Waals surface area (Å²) in [5, 5.41) is 3.55. The molecular weight excluding hydrogens is 190 g/mol. The predicted octanol–water partition coefficient (Wildman–Crippen LogP) is 3.23. The molecule has 1 aromatic rings. The van der Waals surface area contributed by atoms with Gasteiger partial charge in [-0.1, -0.05) is 13.8 Å². The molecule has 2 heteroatoms. The van der Waals surface area contributed by atoms with E-state index >= 15 is 0 Å². The van der Waals surface area contributed by atoms with E-state index in [-0.39, 0.29) is 0 Å². The molecule has 0 aliphatic rings. The van der Waals surface area contributed by atoms with E-state index in [1.807, 2.05) is 11.3 Å². The zero-order valence-corrected chi connectivity index (χ0v) is 10.4. The van der Waals surface area contributed by atoms with Gasteiger partial charge in [-0.2, -0.15) is 0 Å². The van der Waals surface area contributed by atoms with Gasteiger partial charge in [0.15, 0.2) is 0 Å². The fourth-order valence-corrected chi connectivity index (χ4v) is 2.42. The van der Waals surface area contributed by atoms with Gasteiger partial charge in [0.05, 0.1) is 0 Å². The highest BCUT2D eigenvalue weighted by molar-refractivity contribution is 7.11. The molecule has 1 nitrogen and oxygen atoms in total. The summed E-state index contributed by atoms with van der Waals surface area (Å²) in [6.07, 6.45) is 1.16. The van der Waals surface area contributed by atoms with Crippen LogP contribution in [-0.2, 0) is 6.42 Å². The van der Waals surface area contributed by atoms with Crippen LogP contribution >= 0.6 is 11.3 Å². The molecule has 1 heterocycles. The second-order valence-electron chi connectivity index (χ2n) is 4.42. The highest BCUT2D eigenvalue weighted by Gasteiger charge is 2.05. The average Bonchev–Trinajstić information content (AvgIpc) is 2.48. The van der Waals surface area contributed by atoms with Crippen LogP contribution in [0.5, 0.6) is 0 Å². The van der Waals surface area contributed by atoms with Crippen molar-refractivity contribution >= 4 is 11.3 Å². The predicted molar refractivity (Wildman–Crippen MR) is 65.1 cm³/mol. The second-order valence-corrected chi connectivity index (χ2v) is 5.79. The van der Waals surface area contributed by atoms with Crippen LogP contribution in [0, 0.1) is 12.8 Å². The fourth-order valence-electron chi connectivity index (χ4n) is 1.41. The minimum Gasteiger partial charge on any atom is -0.314 e. The smallest absolute Gasteiger partial charge is 0.00871 e. The maximum absolute atomic E-state index is 3.55. The molecule has 0 amide bonds. The summed E-state index contributed by atoms with van der Waals surface area (Å²) in [6, 6.07) is 5.04. The molecular formula is C12H21NS. The van der Waals surface area contributed by atoms with Crippen molar-refractivity contribution in [1.82, 2.24) is 5.32 Å². The molecule has 0 saturated heterocycles. The SMILES string of the molecule is Cc1ccc(CC(C)NCC(C)C)s1. The maximum Gasteiger partial charge on any atom is 0.00871 e. The van der Waals surface area contributed by atoms with Crippen molar-refractivity contribution in [2.75, 3.05) is 6.54 Å². The Bertz CT molecular complexity index is 265. The van der Waals surface area contributed by atoms with Crippen molar-refractivity contribution in [2.45, 2.75) is 40.2 Å². The van der Waals surface area contributed by atoms with Gasteiger partial charge in [-0.15, -0.1) is 11.3 Å². The van der Waals surface area contributed by atoms with Gasteiger partial charge >= 0.3 is 0 Å². The lowest BCUT2D eigenvalue weighted by Crippen LogP contribution is -2.30. The minimum atomic E-state index is 0.593. The monoisotopic (exact) mass is 211 g/mol. The molecule has 0 aromatic carbocycles. The van der Waals surface area contributed by atoms with Crippen molar-refractivity contribution in [1.29, 1.82) is 0 Å². The van der Waals surface area contributed by atoms with Crippen LogP contribution in [0.2, 0.25) is 0 Å². The fraction of sp³-hybridized carbons (Fsp3) is 0.667. The summed E-state index contributed by atoms with van der Waals surface area (Å²) in [4.78, 5) is 2.90. The Morgan fingerprint density at radius 2 is 2.00 bits per heavy atom. The van der Waals surface area contributed by atoms with Crippen LogP contribution in [0.3, 0.4) is 0 Å². The van der Waals surface area contributed by atoms with Crippen LogP contribution in [0.15, 0.2) is 12.1 Å². The molecule has 0 spiro atoms. The first-order valence-electron chi connectivity index (χ1n) is 5.36. The third-order valence-electron chi connectivity index (χ3n) is 2.18. The number of rotatable bonds is 5. The van der Waals surface area contributed by atoms with E-state index in [0.29, 0.717) is 6.04 Å². The first-order chi connectivity index (χ1) is 6.58. The molecule has 0 radical (unpaired) electrons. The molecule has 80 valence electrons. The molecule has 1 N–H and O–H groups in total. The molecule has 0 bridgehead atoms. The van der Waals surface area contributed by atoms with Gasteiger partial charge in [0.1, 0.15) is 0 Å². The van der Waals surface area contributed by atoms with Crippen LogP contribution in [0.1, 0.15) is 30.5 Å². The lowest BCUT2D eigenvalue weighted by atomic mass is 10.1. The van der Waals surface area contributed by atoms with Gasteiger partial charge in [0, 0.05) is 15.8 Å². The van der Waals surface area contributed by atoms with Gasteiger partial charge in [0.25, 0.3) is 0 Å². The Hall–Kier alpha value is -0.340. The van der Waals surface area contributed by atoms with E-state index in [2.05, 4.69) is 45.1 Å². The van der Waals surface area contributed by atoms with Crippen molar-refractivity contribution in [3.8, 4) is 0 Å². The normalized spacial score (nSPS) is 13.5. The van der Waals surface area contributed by atoms with E-state index in [9.17, 15) is 0 Å². The Kier molecular flexibility index (Phi) is 4.63. The lowest BCUT2D eigenvalue weighted by Gasteiger charge is -2.14. The van der Waals surface area contributed by atoms with Crippen LogP contribution < -0.4 is 5.32 Å². The number of nitrogens with one attached hydrogen (secondary N) is 1. The van der Waals surface area contributed by atoms with Crippen molar-refractivity contribution < 1.29 is 0 Å². The molecule has 0 fully saturated rings. The van der Waals surface area contributed by atoms with E-state index in [4.69, 9.17) is 0 Å². The number of aryl methyl sites for hydroxylation is 1. The van der Waals surface area contributed by atoms with E-state index in [1.165, 1.54) is 9.75 Å². The lowest BCUT2D eigenvalue weighted by molar-refractivity contribution is 0.484. The average molecular weight is 211 g/mol. The Labute approximate surface area is 91.5 Å². The largest absolute Gasteiger partial charge is 0.314 e. The molecule has 0 aliphatic carbocycles. The van der Waals surface area contributed by atoms with E-state index in [1.54, 1.807) is 0 Å². The first kappa shape index (κ1) is 11.7. The molecule has 1 atom stereocenters. The number of thiophene rings is 1. The molecule has 0 aliphatic heterocycles. The summed E-state index contributed by atoms with van der Waals surface area (Å²) in [5.41, 5.74) is 0. The van der Waals surface area contributed by atoms with Crippen molar-refractivity contribution in [3.05, 3.63) is 21.9 Å². The third kappa shape index (κ3) is 4.25. The summed E-state index contributed by atoms with van der Waals surface area (Å²) in [5.74, 6) is 0.738. The van der Waals surface area contributed by atoms with Crippen molar-refractivity contribution in [3.63, 3.8) is 0 Å². The molecule has 0 saturated carbocycles. The van der Waals surface area contributed by atoms with E-state index in [0.717, 1.165) is 18.9 Å². The Morgan fingerprint density at radius 1 is 1.29 bits per heavy atom. The maximum atomic E-state index is 3.55. The van der Waals surface area contributed by atoms with Gasteiger partial charge < -0.3 is 5.32 Å². The summed E-state index contributed by atoms with van der Waals surface area (Å²) in [7, 11) is 0. The van der Waals surface area contributed by atoms with Crippen molar-refractivity contribution in [2.24, 2.45) is 5.92 Å².